The number of benzene rings is 1. The molecule has 3 nitrogen and oxygen atoms in total. The van der Waals surface area contributed by atoms with E-state index in [0.717, 1.165) is 5.56 Å². The van der Waals surface area contributed by atoms with Crippen LogP contribution in [0.5, 0.6) is 11.5 Å². The lowest BCUT2D eigenvalue weighted by Gasteiger charge is -2.06. The SMILES string of the molecule is C=CCOCc1ccc(OC)c(O)c1. The lowest BCUT2D eigenvalue weighted by molar-refractivity contribution is 0.148. The molecule has 0 amide bonds. The number of ether oxygens (including phenoxy) is 2. The second-order valence-electron chi connectivity index (χ2n) is 2.81. The third-order valence-electron chi connectivity index (χ3n) is 1.75. The first-order valence-corrected chi connectivity index (χ1v) is 4.32. The quantitative estimate of drug-likeness (QED) is 0.576. The Morgan fingerprint density at radius 2 is 2.29 bits per heavy atom. The van der Waals surface area contributed by atoms with Gasteiger partial charge in [0.25, 0.3) is 0 Å². The molecule has 0 heterocycles. The van der Waals surface area contributed by atoms with Gasteiger partial charge in [0.05, 0.1) is 20.3 Å². The Morgan fingerprint density at radius 3 is 2.86 bits per heavy atom. The van der Waals surface area contributed by atoms with Crippen LogP contribution in [-0.4, -0.2) is 18.8 Å². The zero-order valence-electron chi connectivity index (χ0n) is 8.19. The molecule has 0 atom stereocenters. The zero-order chi connectivity index (χ0) is 10.4. The smallest absolute Gasteiger partial charge is 0.160 e. The van der Waals surface area contributed by atoms with Gasteiger partial charge < -0.3 is 14.6 Å². The standard InChI is InChI=1S/C11H14O3/c1-3-6-14-8-9-4-5-11(13-2)10(12)7-9/h3-5,7,12H,1,6,8H2,2H3. The summed E-state index contributed by atoms with van der Waals surface area (Å²) in [6, 6.07) is 5.19. The Labute approximate surface area is 83.6 Å². The summed E-state index contributed by atoms with van der Waals surface area (Å²) < 4.78 is 10.1. The average molecular weight is 194 g/mol. The molecule has 1 rings (SSSR count). The average Bonchev–Trinajstić information content (AvgIpc) is 2.18. The third kappa shape index (κ3) is 2.78. The molecule has 1 aromatic rings. The number of phenols is 1. The number of hydrogen-bond donors (Lipinski definition) is 1. The van der Waals surface area contributed by atoms with E-state index in [1.54, 1.807) is 18.2 Å². The summed E-state index contributed by atoms with van der Waals surface area (Å²) in [5, 5.41) is 9.45. The summed E-state index contributed by atoms with van der Waals surface area (Å²) in [6.45, 7) is 4.51. The van der Waals surface area contributed by atoms with Crippen molar-refractivity contribution in [2.45, 2.75) is 6.61 Å². The van der Waals surface area contributed by atoms with E-state index in [0.29, 0.717) is 19.0 Å². The molecule has 14 heavy (non-hydrogen) atoms. The summed E-state index contributed by atoms with van der Waals surface area (Å²) in [4.78, 5) is 0. The van der Waals surface area contributed by atoms with E-state index in [9.17, 15) is 5.11 Å². The van der Waals surface area contributed by atoms with Crippen LogP contribution in [0.15, 0.2) is 30.9 Å². The van der Waals surface area contributed by atoms with Gasteiger partial charge in [0, 0.05) is 0 Å². The molecule has 0 unspecified atom stereocenters. The van der Waals surface area contributed by atoms with Crippen molar-refractivity contribution < 1.29 is 14.6 Å². The highest BCUT2D eigenvalue weighted by molar-refractivity contribution is 5.41. The van der Waals surface area contributed by atoms with Crippen LogP contribution in [-0.2, 0) is 11.3 Å². The van der Waals surface area contributed by atoms with Gasteiger partial charge in [-0.05, 0) is 17.7 Å². The van der Waals surface area contributed by atoms with Crippen LogP contribution < -0.4 is 4.74 Å². The molecule has 76 valence electrons. The highest BCUT2D eigenvalue weighted by atomic mass is 16.5. The molecule has 0 radical (unpaired) electrons. The highest BCUT2D eigenvalue weighted by Crippen LogP contribution is 2.26. The number of phenolic OH excluding ortho intramolecular Hbond substituents is 1. The van der Waals surface area contributed by atoms with Crippen LogP contribution >= 0.6 is 0 Å². The Bertz CT molecular complexity index is 307. The molecule has 0 aliphatic rings. The van der Waals surface area contributed by atoms with Crippen molar-refractivity contribution in [1.82, 2.24) is 0 Å². The summed E-state index contributed by atoms with van der Waals surface area (Å²) in [6.07, 6.45) is 1.68. The van der Waals surface area contributed by atoms with Crippen molar-refractivity contribution in [2.75, 3.05) is 13.7 Å². The van der Waals surface area contributed by atoms with Crippen molar-refractivity contribution in [2.24, 2.45) is 0 Å². The molecule has 3 heteroatoms. The zero-order valence-corrected chi connectivity index (χ0v) is 8.19. The van der Waals surface area contributed by atoms with Gasteiger partial charge in [-0.2, -0.15) is 0 Å². The number of methoxy groups -OCH3 is 1. The number of rotatable bonds is 5. The molecule has 0 spiro atoms. The molecular weight excluding hydrogens is 180 g/mol. The van der Waals surface area contributed by atoms with Gasteiger partial charge in [-0.3, -0.25) is 0 Å². The topological polar surface area (TPSA) is 38.7 Å². The van der Waals surface area contributed by atoms with Crippen molar-refractivity contribution in [3.63, 3.8) is 0 Å². The Balaban J connectivity index is 2.61. The lowest BCUT2D eigenvalue weighted by atomic mass is 10.2. The number of hydrogen-bond acceptors (Lipinski definition) is 3. The fourth-order valence-corrected chi connectivity index (χ4v) is 1.09. The Kier molecular flexibility index (Phi) is 4.01. The number of aromatic hydroxyl groups is 1. The third-order valence-corrected chi connectivity index (χ3v) is 1.75. The lowest BCUT2D eigenvalue weighted by Crippen LogP contribution is -1.93. The summed E-state index contributed by atoms with van der Waals surface area (Å²) >= 11 is 0. The van der Waals surface area contributed by atoms with Crippen molar-refractivity contribution in [1.29, 1.82) is 0 Å². The van der Waals surface area contributed by atoms with E-state index in [-0.39, 0.29) is 5.75 Å². The molecule has 0 fully saturated rings. The summed E-state index contributed by atoms with van der Waals surface area (Å²) in [7, 11) is 1.52. The van der Waals surface area contributed by atoms with Crippen LogP contribution in [0.1, 0.15) is 5.56 Å². The fraction of sp³-hybridized carbons (Fsp3) is 0.273. The summed E-state index contributed by atoms with van der Waals surface area (Å²) in [5.74, 6) is 0.602. The van der Waals surface area contributed by atoms with E-state index in [1.165, 1.54) is 7.11 Å². The van der Waals surface area contributed by atoms with Crippen molar-refractivity contribution >= 4 is 0 Å². The van der Waals surface area contributed by atoms with E-state index in [2.05, 4.69) is 6.58 Å². The van der Waals surface area contributed by atoms with Crippen LogP contribution in [0.2, 0.25) is 0 Å². The van der Waals surface area contributed by atoms with Gasteiger partial charge in [0.1, 0.15) is 0 Å². The second kappa shape index (κ2) is 5.29. The maximum absolute atomic E-state index is 9.45. The minimum Gasteiger partial charge on any atom is -0.504 e. The minimum absolute atomic E-state index is 0.132. The molecule has 1 N–H and O–H groups in total. The molecular formula is C11H14O3. The molecule has 0 aromatic heterocycles. The van der Waals surface area contributed by atoms with Gasteiger partial charge in [-0.1, -0.05) is 12.1 Å². The van der Waals surface area contributed by atoms with Crippen LogP contribution in [0.3, 0.4) is 0 Å². The van der Waals surface area contributed by atoms with Crippen molar-refractivity contribution in [3.8, 4) is 11.5 Å². The van der Waals surface area contributed by atoms with Crippen LogP contribution in [0.25, 0.3) is 0 Å². The van der Waals surface area contributed by atoms with E-state index >= 15 is 0 Å². The van der Waals surface area contributed by atoms with Gasteiger partial charge in [0.2, 0.25) is 0 Å². The molecule has 0 bridgehead atoms. The molecule has 0 saturated carbocycles. The predicted octanol–water partition coefficient (Wildman–Crippen LogP) is 2.10. The molecule has 1 aromatic carbocycles. The van der Waals surface area contributed by atoms with Crippen molar-refractivity contribution in [3.05, 3.63) is 36.4 Å². The molecule has 0 saturated heterocycles. The fourth-order valence-electron chi connectivity index (χ4n) is 1.09. The van der Waals surface area contributed by atoms with Gasteiger partial charge >= 0.3 is 0 Å². The van der Waals surface area contributed by atoms with Gasteiger partial charge in [-0.15, -0.1) is 6.58 Å². The first-order valence-electron chi connectivity index (χ1n) is 4.32. The first kappa shape index (κ1) is 10.6. The van der Waals surface area contributed by atoms with E-state index in [1.807, 2.05) is 6.07 Å². The predicted molar refractivity (Wildman–Crippen MR) is 54.5 cm³/mol. The second-order valence-corrected chi connectivity index (χ2v) is 2.81. The normalized spacial score (nSPS) is 9.79. The largest absolute Gasteiger partial charge is 0.504 e. The summed E-state index contributed by atoms with van der Waals surface area (Å²) in [5.41, 5.74) is 0.908. The van der Waals surface area contributed by atoms with E-state index in [4.69, 9.17) is 9.47 Å². The Hall–Kier alpha value is -1.48. The molecule has 0 aliphatic carbocycles. The van der Waals surface area contributed by atoms with Crippen LogP contribution in [0, 0.1) is 0 Å². The maximum Gasteiger partial charge on any atom is 0.160 e. The molecule has 0 aliphatic heterocycles. The first-order chi connectivity index (χ1) is 6.77. The van der Waals surface area contributed by atoms with Gasteiger partial charge in [-0.25, -0.2) is 0 Å². The van der Waals surface area contributed by atoms with E-state index < -0.39 is 0 Å². The highest BCUT2D eigenvalue weighted by Gasteiger charge is 2.01. The minimum atomic E-state index is 0.132. The maximum atomic E-state index is 9.45. The monoisotopic (exact) mass is 194 g/mol. The van der Waals surface area contributed by atoms with Gasteiger partial charge in [0.15, 0.2) is 11.5 Å². The van der Waals surface area contributed by atoms with Crippen LogP contribution in [0.4, 0.5) is 0 Å². The Morgan fingerprint density at radius 1 is 1.50 bits per heavy atom.